The first-order valence-corrected chi connectivity index (χ1v) is 3.70. The fourth-order valence-electron chi connectivity index (χ4n) is 1.11. The summed E-state index contributed by atoms with van der Waals surface area (Å²) in [5, 5.41) is 8.88. The number of aliphatic hydroxyl groups is 1. The molecule has 0 spiro atoms. The van der Waals surface area contributed by atoms with E-state index >= 15 is 0 Å². The highest BCUT2D eigenvalue weighted by molar-refractivity contribution is 5.64. The largest absolute Gasteiger partial charge is 0.392 e. The molecule has 0 atom stereocenters. The SMILES string of the molecule is C=C(C)c1ccc(F)cc1CO. The first-order valence-electron chi connectivity index (χ1n) is 3.70. The van der Waals surface area contributed by atoms with Crippen LogP contribution in [0.3, 0.4) is 0 Å². The number of halogens is 1. The summed E-state index contributed by atoms with van der Waals surface area (Å²) < 4.78 is 12.7. The van der Waals surface area contributed by atoms with E-state index in [0.717, 1.165) is 11.1 Å². The summed E-state index contributed by atoms with van der Waals surface area (Å²) in [6.07, 6.45) is 0. The van der Waals surface area contributed by atoms with Crippen molar-refractivity contribution in [1.82, 2.24) is 0 Å². The van der Waals surface area contributed by atoms with E-state index in [9.17, 15) is 4.39 Å². The highest BCUT2D eigenvalue weighted by atomic mass is 19.1. The third-order valence-corrected chi connectivity index (χ3v) is 1.70. The molecule has 0 aliphatic heterocycles. The van der Waals surface area contributed by atoms with E-state index in [0.29, 0.717) is 5.56 Å². The van der Waals surface area contributed by atoms with Gasteiger partial charge in [-0.05, 0) is 30.2 Å². The van der Waals surface area contributed by atoms with Crippen LogP contribution in [0.4, 0.5) is 4.39 Å². The normalized spacial score (nSPS) is 9.92. The van der Waals surface area contributed by atoms with E-state index in [1.54, 1.807) is 6.07 Å². The molecule has 1 N–H and O–H groups in total. The molecule has 1 aromatic rings. The molecule has 64 valence electrons. The second kappa shape index (κ2) is 3.50. The lowest BCUT2D eigenvalue weighted by molar-refractivity contribution is 0.281. The van der Waals surface area contributed by atoms with Crippen molar-refractivity contribution >= 4 is 5.57 Å². The van der Waals surface area contributed by atoms with E-state index in [2.05, 4.69) is 6.58 Å². The Balaban J connectivity index is 3.20. The lowest BCUT2D eigenvalue weighted by Gasteiger charge is -2.05. The van der Waals surface area contributed by atoms with Crippen LogP contribution in [0.2, 0.25) is 0 Å². The molecule has 0 aliphatic rings. The molecule has 1 rings (SSSR count). The maximum absolute atomic E-state index is 12.7. The highest BCUT2D eigenvalue weighted by Crippen LogP contribution is 2.18. The van der Waals surface area contributed by atoms with Crippen molar-refractivity contribution < 1.29 is 9.50 Å². The van der Waals surface area contributed by atoms with Gasteiger partial charge in [0.05, 0.1) is 6.61 Å². The zero-order valence-corrected chi connectivity index (χ0v) is 6.97. The van der Waals surface area contributed by atoms with Crippen LogP contribution in [0.25, 0.3) is 5.57 Å². The zero-order valence-electron chi connectivity index (χ0n) is 6.97. The van der Waals surface area contributed by atoms with Crippen LogP contribution in [-0.4, -0.2) is 5.11 Å². The van der Waals surface area contributed by atoms with Crippen LogP contribution in [0.15, 0.2) is 24.8 Å². The molecule has 12 heavy (non-hydrogen) atoms. The van der Waals surface area contributed by atoms with Crippen molar-refractivity contribution in [3.05, 3.63) is 41.7 Å². The second-order valence-electron chi connectivity index (χ2n) is 2.74. The fourth-order valence-corrected chi connectivity index (χ4v) is 1.11. The highest BCUT2D eigenvalue weighted by Gasteiger charge is 2.02. The van der Waals surface area contributed by atoms with E-state index in [-0.39, 0.29) is 12.4 Å². The average Bonchev–Trinajstić information content (AvgIpc) is 2.03. The van der Waals surface area contributed by atoms with Gasteiger partial charge in [-0.1, -0.05) is 18.2 Å². The molecular formula is C10H11FO. The Labute approximate surface area is 71.2 Å². The molecule has 1 aromatic carbocycles. The Bertz CT molecular complexity index is 305. The number of rotatable bonds is 2. The lowest BCUT2D eigenvalue weighted by Crippen LogP contribution is -1.92. The second-order valence-corrected chi connectivity index (χ2v) is 2.74. The summed E-state index contributed by atoms with van der Waals surface area (Å²) in [6, 6.07) is 4.32. The minimum absolute atomic E-state index is 0.153. The number of hydrogen-bond donors (Lipinski definition) is 1. The van der Waals surface area contributed by atoms with Crippen LogP contribution in [0, 0.1) is 5.82 Å². The molecule has 0 saturated heterocycles. The van der Waals surface area contributed by atoms with Gasteiger partial charge in [0, 0.05) is 0 Å². The van der Waals surface area contributed by atoms with Crippen molar-refractivity contribution in [2.45, 2.75) is 13.5 Å². The molecule has 0 bridgehead atoms. The smallest absolute Gasteiger partial charge is 0.123 e. The van der Waals surface area contributed by atoms with Crippen LogP contribution in [-0.2, 0) is 6.61 Å². The van der Waals surface area contributed by atoms with Crippen molar-refractivity contribution in [2.75, 3.05) is 0 Å². The summed E-state index contributed by atoms with van der Waals surface area (Å²) in [7, 11) is 0. The van der Waals surface area contributed by atoms with Crippen LogP contribution in [0.5, 0.6) is 0 Å². The Morgan fingerprint density at radius 3 is 2.75 bits per heavy atom. The Morgan fingerprint density at radius 2 is 2.25 bits per heavy atom. The minimum atomic E-state index is -0.330. The molecule has 0 saturated carbocycles. The molecule has 0 heterocycles. The van der Waals surface area contributed by atoms with Crippen LogP contribution >= 0.6 is 0 Å². The van der Waals surface area contributed by atoms with E-state index < -0.39 is 0 Å². The maximum Gasteiger partial charge on any atom is 0.123 e. The van der Waals surface area contributed by atoms with Gasteiger partial charge >= 0.3 is 0 Å². The van der Waals surface area contributed by atoms with Crippen molar-refractivity contribution in [3.63, 3.8) is 0 Å². The van der Waals surface area contributed by atoms with Gasteiger partial charge in [-0.15, -0.1) is 0 Å². The first kappa shape index (κ1) is 8.94. The standard InChI is InChI=1S/C10H11FO/c1-7(2)10-4-3-9(11)5-8(10)6-12/h3-5,12H,1,6H2,2H3. The molecule has 2 heteroatoms. The van der Waals surface area contributed by atoms with Gasteiger partial charge in [0.2, 0.25) is 0 Å². The van der Waals surface area contributed by atoms with E-state index in [4.69, 9.17) is 5.11 Å². The number of hydrogen-bond acceptors (Lipinski definition) is 1. The van der Waals surface area contributed by atoms with E-state index in [1.807, 2.05) is 6.92 Å². The zero-order chi connectivity index (χ0) is 9.14. The monoisotopic (exact) mass is 166 g/mol. The first-order chi connectivity index (χ1) is 5.65. The quantitative estimate of drug-likeness (QED) is 0.715. The van der Waals surface area contributed by atoms with Crippen molar-refractivity contribution in [2.24, 2.45) is 0 Å². The van der Waals surface area contributed by atoms with E-state index in [1.165, 1.54) is 12.1 Å². The summed E-state index contributed by atoms with van der Waals surface area (Å²) in [4.78, 5) is 0. The Hall–Kier alpha value is -1.15. The molecule has 0 amide bonds. The topological polar surface area (TPSA) is 20.2 Å². The predicted octanol–water partition coefficient (Wildman–Crippen LogP) is 2.35. The van der Waals surface area contributed by atoms with Crippen LogP contribution < -0.4 is 0 Å². The molecule has 0 radical (unpaired) electrons. The fraction of sp³-hybridized carbons (Fsp3) is 0.200. The van der Waals surface area contributed by atoms with Gasteiger partial charge in [-0.2, -0.15) is 0 Å². The summed E-state index contributed by atoms with van der Waals surface area (Å²) in [6.45, 7) is 5.40. The summed E-state index contributed by atoms with van der Waals surface area (Å²) in [5.74, 6) is -0.330. The number of aliphatic hydroxyl groups excluding tert-OH is 1. The van der Waals surface area contributed by atoms with Gasteiger partial charge in [-0.3, -0.25) is 0 Å². The molecule has 0 fully saturated rings. The minimum Gasteiger partial charge on any atom is -0.392 e. The van der Waals surface area contributed by atoms with Gasteiger partial charge in [-0.25, -0.2) is 4.39 Å². The summed E-state index contributed by atoms with van der Waals surface area (Å²) in [5.41, 5.74) is 2.24. The Kier molecular flexibility index (Phi) is 2.61. The molecule has 0 unspecified atom stereocenters. The van der Waals surface area contributed by atoms with Gasteiger partial charge in [0.15, 0.2) is 0 Å². The van der Waals surface area contributed by atoms with Gasteiger partial charge in [0.1, 0.15) is 5.82 Å². The lowest BCUT2D eigenvalue weighted by atomic mass is 10.0. The van der Waals surface area contributed by atoms with Crippen molar-refractivity contribution in [3.8, 4) is 0 Å². The predicted molar refractivity (Wildman–Crippen MR) is 47.0 cm³/mol. The third-order valence-electron chi connectivity index (χ3n) is 1.70. The third kappa shape index (κ3) is 1.71. The van der Waals surface area contributed by atoms with Gasteiger partial charge in [0.25, 0.3) is 0 Å². The average molecular weight is 166 g/mol. The molecular weight excluding hydrogens is 155 g/mol. The van der Waals surface area contributed by atoms with Gasteiger partial charge < -0.3 is 5.11 Å². The van der Waals surface area contributed by atoms with Crippen LogP contribution in [0.1, 0.15) is 18.1 Å². The molecule has 0 aliphatic carbocycles. The number of benzene rings is 1. The Morgan fingerprint density at radius 1 is 1.58 bits per heavy atom. The molecule has 1 nitrogen and oxygen atoms in total. The maximum atomic E-state index is 12.7. The number of allylic oxidation sites excluding steroid dienone is 1. The van der Waals surface area contributed by atoms with Crippen molar-refractivity contribution in [1.29, 1.82) is 0 Å². The molecule has 0 aromatic heterocycles. The summed E-state index contributed by atoms with van der Waals surface area (Å²) >= 11 is 0.